The number of nitrogens with zero attached hydrogens (tertiary/aromatic N) is 4. The first kappa shape index (κ1) is 15.9. The summed E-state index contributed by atoms with van der Waals surface area (Å²) >= 11 is 5.85. The van der Waals surface area contributed by atoms with Crippen molar-refractivity contribution in [3.63, 3.8) is 0 Å². The number of tetrazole rings is 1. The summed E-state index contributed by atoms with van der Waals surface area (Å²) < 4.78 is 0. The average Bonchev–Trinajstić information content (AvgIpc) is 3.29. The maximum atomic E-state index is 12.2. The van der Waals surface area contributed by atoms with Gasteiger partial charge in [0, 0.05) is 17.1 Å². The molecule has 1 saturated carbocycles. The van der Waals surface area contributed by atoms with Crippen molar-refractivity contribution in [3.8, 4) is 11.4 Å². The summed E-state index contributed by atoms with van der Waals surface area (Å²) in [4.78, 5) is 13.5. The van der Waals surface area contributed by atoms with Crippen molar-refractivity contribution < 1.29 is 4.79 Å². The van der Waals surface area contributed by atoms with Crippen LogP contribution in [0.5, 0.6) is 0 Å². The molecule has 3 N–H and O–H groups in total. The molecule has 0 bridgehead atoms. The topological polar surface area (TPSA) is 98.7 Å². The highest BCUT2D eigenvalue weighted by molar-refractivity contribution is 6.30. The third kappa shape index (κ3) is 3.68. The molecule has 8 heteroatoms. The maximum absolute atomic E-state index is 12.2. The molecule has 1 fully saturated rings. The van der Waals surface area contributed by atoms with Crippen LogP contribution in [0.3, 0.4) is 0 Å². The number of benzene rings is 1. The molecule has 1 unspecified atom stereocenters. The first-order chi connectivity index (χ1) is 11.0. The van der Waals surface area contributed by atoms with Gasteiger partial charge in [-0.3, -0.25) is 4.79 Å². The van der Waals surface area contributed by atoms with Crippen molar-refractivity contribution in [2.24, 2.45) is 11.7 Å². The summed E-state index contributed by atoms with van der Waals surface area (Å²) in [6, 6.07) is 7.13. The fourth-order valence-electron chi connectivity index (χ4n) is 2.55. The van der Waals surface area contributed by atoms with E-state index in [0.29, 0.717) is 23.3 Å². The highest BCUT2D eigenvalue weighted by atomic mass is 35.5. The van der Waals surface area contributed by atoms with Crippen molar-refractivity contribution in [2.45, 2.75) is 31.8 Å². The first-order valence-corrected chi connectivity index (χ1v) is 7.93. The van der Waals surface area contributed by atoms with Gasteiger partial charge in [-0.2, -0.15) is 4.80 Å². The fraction of sp³-hybridized carbons (Fsp3) is 0.467. The second-order valence-corrected chi connectivity index (χ2v) is 6.53. The van der Waals surface area contributed by atoms with Crippen molar-refractivity contribution in [1.29, 1.82) is 0 Å². The zero-order valence-corrected chi connectivity index (χ0v) is 13.6. The van der Waals surface area contributed by atoms with Gasteiger partial charge in [0.1, 0.15) is 6.54 Å². The van der Waals surface area contributed by atoms with E-state index in [1.54, 1.807) is 12.1 Å². The van der Waals surface area contributed by atoms with Crippen LogP contribution in [0.1, 0.15) is 19.8 Å². The Balaban J connectivity index is 1.64. The molecule has 0 spiro atoms. The van der Waals surface area contributed by atoms with Crippen molar-refractivity contribution >= 4 is 17.5 Å². The minimum Gasteiger partial charge on any atom is -0.348 e. The zero-order valence-electron chi connectivity index (χ0n) is 12.9. The van der Waals surface area contributed by atoms with E-state index in [2.05, 4.69) is 20.7 Å². The Bertz CT molecular complexity index is 696. The summed E-state index contributed by atoms with van der Waals surface area (Å²) in [5, 5.41) is 15.8. The molecule has 122 valence electrons. The molecule has 0 aliphatic heterocycles. The van der Waals surface area contributed by atoms with Gasteiger partial charge in [-0.25, -0.2) is 0 Å². The van der Waals surface area contributed by atoms with Crippen LogP contribution in [0.4, 0.5) is 0 Å². The van der Waals surface area contributed by atoms with Crippen LogP contribution in [-0.4, -0.2) is 38.2 Å². The van der Waals surface area contributed by atoms with Gasteiger partial charge in [-0.15, -0.1) is 10.2 Å². The number of carbonyl (C=O) groups excluding carboxylic acids is 1. The number of amides is 1. The molecule has 1 atom stereocenters. The van der Waals surface area contributed by atoms with E-state index in [1.807, 2.05) is 19.1 Å². The molecule has 7 nitrogen and oxygen atoms in total. The number of rotatable bonds is 6. The van der Waals surface area contributed by atoms with Crippen LogP contribution in [-0.2, 0) is 11.3 Å². The van der Waals surface area contributed by atoms with Crippen molar-refractivity contribution in [2.75, 3.05) is 6.54 Å². The minimum absolute atomic E-state index is 0.0168. The molecule has 1 amide bonds. The number of nitrogens with one attached hydrogen (secondary N) is 1. The number of hydrogen-bond donors (Lipinski definition) is 2. The third-order valence-electron chi connectivity index (χ3n) is 4.17. The number of nitrogens with two attached hydrogens (primary N) is 1. The summed E-state index contributed by atoms with van der Waals surface area (Å²) in [6.07, 6.45) is 2.21. The van der Waals surface area contributed by atoms with E-state index >= 15 is 0 Å². The highest BCUT2D eigenvalue weighted by Gasteiger charge is 2.41. The normalized spacial score (nSPS) is 16.8. The number of carbonyl (C=O) groups is 1. The average molecular weight is 335 g/mol. The number of hydrogen-bond acceptors (Lipinski definition) is 5. The second-order valence-electron chi connectivity index (χ2n) is 6.09. The largest absolute Gasteiger partial charge is 0.348 e. The van der Waals surface area contributed by atoms with Crippen LogP contribution in [0.15, 0.2) is 24.3 Å². The molecular weight excluding hydrogens is 316 g/mol. The molecule has 1 aromatic carbocycles. The van der Waals surface area contributed by atoms with E-state index in [9.17, 15) is 4.79 Å². The third-order valence-corrected chi connectivity index (χ3v) is 4.42. The fourth-order valence-corrected chi connectivity index (χ4v) is 2.68. The number of halogens is 1. The van der Waals surface area contributed by atoms with Gasteiger partial charge in [0.2, 0.25) is 11.7 Å². The Morgan fingerprint density at radius 2 is 2.13 bits per heavy atom. The lowest BCUT2D eigenvalue weighted by Crippen LogP contribution is -2.54. The molecule has 1 heterocycles. The molecule has 1 aromatic heterocycles. The molecular formula is C15H19ClN6O. The van der Waals surface area contributed by atoms with Crippen LogP contribution in [0.25, 0.3) is 11.4 Å². The van der Waals surface area contributed by atoms with Gasteiger partial charge in [-0.1, -0.05) is 11.6 Å². The van der Waals surface area contributed by atoms with Gasteiger partial charge in [0.05, 0.1) is 5.54 Å². The van der Waals surface area contributed by atoms with Gasteiger partial charge in [0.25, 0.3) is 0 Å². The molecule has 0 radical (unpaired) electrons. The van der Waals surface area contributed by atoms with E-state index in [4.69, 9.17) is 17.3 Å². The molecule has 2 aromatic rings. The highest BCUT2D eigenvalue weighted by Crippen LogP contribution is 2.38. The van der Waals surface area contributed by atoms with Crippen LogP contribution >= 0.6 is 11.6 Å². The first-order valence-electron chi connectivity index (χ1n) is 7.55. The van der Waals surface area contributed by atoms with Crippen LogP contribution in [0.2, 0.25) is 5.02 Å². The standard InChI is InChI=1S/C15H19ClN6O/c1-15(9-17,11-4-5-11)18-13(23)8-22-20-14(19-21-22)10-2-6-12(16)7-3-10/h2-3,6-7,11H,4-5,8-9,17H2,1H3,(H,18,23). The second kappa shape index (κ2) is 6.25. The smallest absolute Gasteiger partial charge is 0.244 e. The van der Waals surface area contributed by atoms with Crippen molar-refractivity contribution in [1.82, 2.24) is 25.5 Å². The Hall–Kier alpha value is -1.99. The van der Waals surface area contributed by atoms with Crippen molar-refractivity contribution in [3.05, 3.63) is 29.3 Å². The van der Waals surface area contributed by atoms with E-state index in [1.165, 1.54) is 4.80 Å². The molecule has 1 aliphatic rings. The van der Waals surface area contributed by atoms with E-state index in [-0.39, 0.29) is 18.0 Å². The Morgan fingerprint density at radius 3 is 2.74 bits per heavy atom. The SMILES string of the molecule is CC(CN)(NC(=O)Cn1nnc(-c2ccc(Cl)cc2)n1)C1CC1. The van der Waals surface area contributed by atoms with E-state index < -0.39 is 0 Å². The lowest BCUT2D eigenvalue weighted by molar-refractivity contribution is -0.124. The Morgan fingerprint density at radius 1 is 1.43 bits per heavy atom. The summed E-state index contributed by atoms with van der Waals surface area (Å²) in [7, 11) is 0. The lowest BCUT2D eigenvalue weighted by Gasteiger charge is -2.29. The van der Waals surface area contributed by atoms with Gasteiger partial charge in [-0.05, 0) is 55.2 Å². The summed E-state index contributed by atoms with van der Waals surface area (Å²) in [5.74, 6) is 0.757. The molecule has 1 aliphatic carbocycles. The van der Waals surface area contributed by atoms with Crippen LogP contribution < -0.4 is 11.1 Å². The molecule has 3 rings (SSSR count). The lowest BCUT2D eigenvalue weighted by atomic mass is 9.96. The monoisotopic (exact) mass is 334 g/mol. The predicted molar refractivity (Wildman–Crippen MR) is 86.6 cm³/mol. The summed E-state index contributed by atoms with van der Waals surface area (Å²) in [6.45, 7) is 2.42. The molecule has 0 saturated heterocycles. The quantitative estimate of drug-likeness (QED) is 0.828. The van der Waals surface area contributed by atoms with Gasteiger partial charge in [0.15, 0.2) is 0 Å². The minimum atomic E-state index is -0.351. The Kier molecular flexibility index (Phi) is 4.32. The summed E-state index contributed by atoms with van der Waals surface area (Å²) in [5.41, 5.74) is 6.25. The number of aromatic nitrogens is 4. The Labute approximate surface area is 139 Å². The van der Waals surface area contributed by atoms with E-state index in [0.717, 1.165) is 18.4 Å². The molecule has 23 heavy (non-hydrogen) atoms. The van der Waals surface area contributed by atoms with Gasteiger partial charge >= 0.3 is 0 Å². The van der Waals surface area contributed by atoms with Crippen LogP contribution in [0, 0.1) is 5.92 Å². The predicted octanol–water partition coefficient (Wildman–Crippen LogP) is 1.24. The van der Waals surface area contributed by atoms with Gasteiger partial charge < -0.3 is 11.1 Å². The zero-order chi connectivity index (χ0) is 16.4. The maximum Gasteiger partial charge on any atom is 0.244 e.